The van der Waals surface area contributed by atoms with Gasteiger partial charge in [0.2, 0.25) is 16.0 Å². The highest BCUT2D eigenvalue weighted by Gasteiger charge is 2.17. The van der Waals surface area contributed by atoms with Crippen LogP contribution in [-0.2, 0) is 26.6 Å². The maximum absolute atomic E-state index is 11.6. The molecule has 148 valence electrons. The molecular weight excluding hydrogens is 394 g/mol. The molecule has 1 atom stereocenters. The lowest BCUT2D eigenvalue weighted by atomic mass is 10.2. The zero-order valence-corrected chi connectivity index (χ0v) is 16.9. The number of amides is 1. The molecule has 0 bridgehead atoms. The molecule has 3 N–H and O–H groups in total. The van der Waals surface area contributed by atoms with Gasteiger partial charge in [-0.05, 0) is 33.3 Å². The second-order valence-electron chi connectivity index (χ2n) is 6.67. The second kappa shape index (κ2) is 9.16. The topological polar surface area (TPSA) is 118 Å². The van der Waals surface area contributed by atoms with Gasteiger partial charge in [0.05, 0.1) is 11.9 Å². The predicted molar refractivity (Wildman–Crippen MR) is 104 cm³/mol. The van der Waals surface area contributed by atoms with E-state index >= 15 is 0 Å². The molecule has 0 saturated carbocycles. The molecule has 9 nitrogen and oxygen atoms in total. The van der Waals surface area contributed by atoms with Crippen LogP contribution in [0.25, 0.3) is 0 Å². The quantitative estimate of drug-likeness (QED) is 0.274. The number of aryl methyl sites for hydroxylation is 1. The molecule has 2 heterocycles. The summed E-state index contributed by atoms with van der Waals surface area (Å²) < 4.78 is 27.6. The maximum Gasteiger partial charge on any atom is 0.407 e. The maximum atomic E-state index is 11.6. The molecule has 27 heavy (non-hydrogen) atoms. The van der Waals surface area contributed by atoms with Gasteiger partial charge in [0, 0.05) is 25.4 Å². The van der Waals surface area contributed by atoms with Crippen LogP contribution in [0, 0.1) is 0 Å². The van der Waals surface area contributed by atoms with Crippen molar-refractivity contribution in [3.8, 4) is 0 Å². The molecule has 0 aliphatic carbocycles. The Morgan fingerprint density at radius 3 is 2.81 bits per heavy atom. The number of aromatic nitrogens is 3. The Bertz CT molecular complexity index is 821. The first-order chi connectivity index (χ1) is 12.6. The van der Waals surface area contributed by atoms with Gasteiger partial charge in [-0.1, -0.05) is 15.8 Å². The van der Waals surface area contributed by atoms with Crippen LogP contribution in [0.2, 0.25) is 5.15 Å². The number of nitrogens with one attached hydrogen (secondary N) is 2. The van der Waals surface area contributed by atoms with Crippen molar-refractivity contribution in [3.05, 3.63) is 29.7 Å². The van der Waals surface area contributed by atoms with Crippen molar-refractivity contribution in [2.75, 3.05) is 11.9 Å². The molecule has 2 rings (SSSR count). The molecule has 1 amide bonds. The van der Waals surface area contributed by atoms with Crippen LogP contribution in [0.5, 0.6) is 0 Å². The van der Waals surface area contributed by atoms with Crippen molar-refractivity contribution < 1.29 is 18.3 Å². The molecule has 11 heteroatoms. The van der Waals surface area contributed by atoms with Gasteiger partial charge >= 0.3 is 6.09 Å². The standard InChI is InChI=1S/C16H22ClN5O4S/c1-16(2,3)26-15(23)18-7-4-8-22-10-11(9-19-22)20-14-12(27(24)25)5-6-13(17)21-14/h5-6,9-10H,4,7-8H2,1-3H3,(H,18,23)(H,20,21)(H,24,25)/p+1. The first kappa shape index (κ1) is 21.1. The fraction of sp³-hybridized carbons (Fsp3) is 0.438. The van der Waals surface area contributed by atoms with E-state index in [1.165, 1.54) is 12.1 Å². The van der Waals surface area contributed by atoms with Crippen LogP contribution in [0.1, 0.15) is 27.2 Å². The zero-order valence-electron chi connectivity index (χ0n) is 15.3. The zero-order chi connectivity index (χ0) is 20.0. The molecule has 0 radical (unpaired) electrons. The van der Waals surface area contributed by atoms with Gasteiger partial charge in [-0.3, -0.25) is 4.68 Å². The van der Waals surface area contributed by atoms with E-state index < -0.39 is 22.8 Å². The number of carbonyl (C=O) groups excluding carboxylic acids is 1. The van der Waals surface area contributed by atoms with Crippen molar-refractivity contribution in [1.29, 1.82) is 0 Å². The average molecular weight is 417 g/mol. The fourth-order valence-electron chi connectivity index (χ4n) is 2.11. The lowest BCUT2D eigenvalue weighted by Gasteiger charge is -2.19. The number of ether oxygens (including phenoxy) is 1. The number of hydrogen-bond acceptors (Lipinski definition) is 6. The minimum absolute atomic E-state index is 0.156. The molecular formula is C16H23ClN5O4S+. The summed E-state index contributed by atoms with van der Waals surface area (Å²) in [4.78, 5) is 15.8. The highest BCUT2D eigenvalue weighted by molar-refractivity contribution is 7.79. The van der Waals surface area contributed by atoms with E-state index in [0.717, 1.165) is 0 Å². The molecule has 0 aliphatic heterocycles. The first-order valence-corrected chi connectivity index (χ1v) is 9.82. The molecule has 0 fully saturated rings. The summed E-state index contributed by atoms with van der Waals surface area (Å²) in [6, 6.07) is 2.90. The van der Waals surface area contributed by atoms with E-state index in [4.69, 9.17) is 16.3 Å². The highest BCUT2D eigenvalue weighted by Crippen LogP contribution is 2.23. The summed E-state index contributed by atoms with van der Waals surface area (Å²) in [6.07, 6.45) is 3.49. The van der Waals surface area contributed by atoms with E-state index in [2.05, 4.69) is 20.7 Å². The third-order valence-corrected chi connectivity index (χ3v) is 4.16. The van der Waals surface area contributed by atoms with Gasteiger partial charge in [-0.25, -0.2) is 9.78 Å². The van der Waals surface area contributed by atoms with Crippen LogP contribution < -0.4 is 10.6 Å². The molecule has 0 aliphatic rings. The van der Waals surface area contributed by atoms with Gasteiger partial charge in [0.15, 0.2) is 5.82 Å². The number of pyridine rings is 1. The molecule has 0 aromatic carbocycles. The van der Waals surface area contributed by atoms with Crippen molar-refractivity contribution in [2.45, 2.75) is 44.2 Å². The summed E-state index contributed by atoms with van der Waals surface area (Å²) in [7, 11) is 0. The normalized spacial score (nSPS) is 12.5. The Morgan fingerprint density at radius 1 is 1.41 bits per heavy atom. The Hall–Kier alpha value is -2.17. The van der Waals surface area contributed by atoms with Crippen LogP contribution in [0.4, 0.5) is 16.3 Å². The van der Waals surface area contributed by atoms with E-state index in [1.54, 1.807) is 37.8 Å². The summed E-state index contributed by atoms with van der Waals surface area (Å²) in [6.45, 7) is 6.43. The predicted octanol–water partition coefficient (Wildman–Crippen LogP) is 3.12. The van der Waals surface area contributed by atoms with Crippen LogP contribution in [-0.4, -0.2) is 37.6 Å². The van der Waals surface area contributed by atoms with Crippen molar-refractivity contribution in [3.63, 3.8) is 0 Å². The van der Waals surface area contributed by atoms with Crippen molar-refractivity contribution in [1.82, 2.24) is 20.1 Å². The summed E-state index contributed by atoms with van der Waals surface area (Å²) >= 11 is 3.29. The number of thiol groups is 1. The van der Waals surface area contributed by atoms with E-state index in [9.17, 15) is 13.6 Å². The SMILES string of the molecule is CC(C)(C)OC(=O)NCCCn1cc(Nc2nc(Cl)ccc2[SH+](=O)O)cn1. The Labute approximate surface area is 164 Å². The van der Waals surface area contributed by atoms with Crippen molar-refractivity contribution in [2.24, 2.45) is 0 Å². The van der Waals surface area contributed by atoms with Crippen LogP contribution in [0.15, 0.2) is 29.4 Å². The lowest BCUT2D eigenvalue weighted by molar-refractivity contribution is 0.0526. The lowest BCUT2D eigenvalue weighted by Crippen LogP contribution is -2.33. The second-order valence-corrected chi connectivity index (χ2v) is 8.09. The monoisotopic (exact) mass is 416 g/mol. The Morgan fingerprint density at radius 2 is 2.15 bits per heavy atom. The number of alkyl carbamates (subject to hydrolysis) is 1. The summed E-state index contributed by atoms with van der Waals surface area (Å²) in [5.41, 5.74) is 0.0711. The number of hydrogen-bond donors (Lipinski definition) is 3. The summed E-state index contributed by atoms with van der Waals surface area (Å²) in [5, 5.41) is 10.0. The number of halogens is 1. The molecule has 1 unspecified atom stereocenters. The first-order valence-electron chi connectivity index (χ1n) is 8.23. The highest BCUT2D eigenvalue weighted by atomic mass is 35.5. The Kier molecular flexibility index (Phi) is 7.17. The molecule has 2 aromatic heterocycles. The van der Waals surface area contributed by atoms with E-state index in [-0.39, 0.29) is 15.9 Å². The number of rotatable bonds is 7. The third kappa shape index (κ3) is 7.16. The van der Waals surface area contributed by atoms with Crippen LogP contribution in [0.3, 0.4) is 0 Å². The number of nitrogens with zero attached hydrogens (tertiary/aromatic N) is 3. The van der Waals surface area contributed by atoms with Gasteiger partial charge in [0.1, 0.15) is 10.8 Å². The molecule has 0 saturated heterocycles. The smallest absolute Gasteiger partial charge is 0.407 e. The van der Waals surface area contributed by atoms with Crippen molar-refractivity contribution >= 4 is 40.3 Å². The molecule has 2 aromatic rings. The third-order valence-electron chi connectivity index (χ3n) is 3.17. The van der Waals surface area contributed by atoms with Gasteiger partial charge in [0.25, 0.3) is 0 Å². The van der Waals surface area contributed by atoms with E-state index in [0.29, 0.717) is 25.2 Å². The number of carbonyl (C=O) groups is 1. The fourth-order valence-corrected chi connectivity index (χ4v) is 2.74. The minimum atomic E-state index is -2.56. The van der Waals surface area contributed by atoms with Gasteiger partial charge < -0.3 is 15.4 Å². The van der Waals surface area contributed by atoms with E-state index in [1.807, 2.05) is 0 Å². The van der Waals surface area contributed by atoms with Gasteiger partial charge in [-0.15, -0.1) is 0 Å². The average Bonchev–Trinajstić information content (AvgIpc) is 2.97. The molecule has 0 spiro atoms. The minimum Gasteiger partial charge on any atom is -0.444 e. The van der Waals surface area contributed by atoms with Crippen LogP contribution >= 0.6 is 11.6 Å². The number of anilines is 2. The Balaban J connectivity index is 1.86. The summed E-state index contributed by atoms with van der Waals surface area (Å²) in [5.74, 6) is 0.206. The largest absolute Gasteiger partial charge is 0.444 e. The van der Waals surface area contributed by atoms with Gasteiger partial charge in [-0.2, -0.15) is 9.65 Å².